The average molecular weight is 398 g/mol. The molecule has 2 saturated heterocycles. The van der Waals surface area contributed by atoms with Crippen molar-refractivity contribution >= 4 is 5.96 Å². The van der Waals surface area contributed by atoms with E-state index in [1.54, 1.807) is 0 Å². The van der Waals surface area contributed by atoms with Crippen LogP contribution in [0.1, 0.15) is 23.6 Å². The topological polar surface area (TPSA) is 70.8 Å². The van der Waals surface area contributed by atoms with Crippen molar-refractivity contribution in [3.8, 4) is 0 Å². The zero-order valence-electron chi connectivity index (χ0n) is 17.4. The predicted octanol–water partition coefficient (Wildman–Crippen LogP) is 1.18. The standard InChI is InChI=1S/C21H31N7O/c1-17-24-25-20(26(17)2)15-23-21(22-14-18-6-4-3-5-7-18)28-9-8-19(16-28)27-10-12-29-13-11-27/h3-7,19H,8-16H2,1-2H3,(H,22,23). The van der Waals surface area contributed by atoms with Crippen LogP contribution in [-0.4, -0.2) is 76.0 Å². The summed E-state index contributed by atoms with van der Waals surface area (Å²) >= 11 is 0. The first-order chi connectivity index (χ1) is 14.2. The Morgan fingerprint density at radius 1 is 1.17 bits per heavy atom. The summed E-state index contributed by atoms with van der Waals surface area (Å²) in [6, 6.07) is 11.0. The van der Waals surface area contributed by atoms with E-state index in [1.165, 1.54) is 5.56 Å². The molecule has 2 fully saturated rings. The third-order valence-corrected chi connectivity index (χ3v) is 5.87. The Balaban J connectivity index is 1.44. The normalized spacial score (nSPS) is 21.0. The summed E-state index contributed by atoms with van der Waals surface area (Å²) in [7, 11) is 2.00. The van der Waals surface area contributed by atoms with E-state index < -0.39 is 0 Å². The highest BCUT2D eigenvalue weighted by Gasteiger charge is 2.30. The van der Waals surface area contributed by atoms with Crippen LogP contribution in [0, 0.1) is 6.92 Å². The highest BCUT2D eigenvalue weighted by molar-refractivity contribution is 5.80. The van der Waals surface area contributed by atoms with Crippen molar-refractivity contribution in [1.29, 1.82) is 0 Å². The van der Waals surface area contributed by atoms with Crippen LogP contribution >= 0.6 is 0 Å². The molecule has 1 aromatic carbocycles. The van der Waals surface area contributed by atoms with Crippen molar-refractivity contribution in [3.63, 3.8) is 0 Å². The minimum Gasteiger partial charge on any atom is -0.379 e. The number of aromatic nitrogens is 3. The monoisotopic (exact) mass is 397 g/mol. The molecule has 3 heterocycles. The van der Waals surface area contributed by atoms with Crippen LogP contribution < -0.4 is 5.32 Å². The predicted molar refractivity (Wildman–Crippen MR) is 113 cm³/mol. The lowest BCUT2D eigenvalue weighted by Gasteiger charge is -2.32. The van der Waals surface area contributed by atoms with Crippen molar-refractivity contribution in [2.24, 2.45) is 12.0 Å². The van der Waals surface area contributed by atoms with E-state index in [0.717, 1.165) is 63.4 Å². The molecule has 0 radical (unpaired) electrons. The van der Waals surface area contributed by atoms with Crippen LogP contribution in [0.3, 0.4) is 0 Å². The molecule has 1 unspecified atom stereocenters. The van der Waals surface area contributed by atoms with Crippen molar-refractivity contribution in [3.05, 3.63) is 47.5 Å². The van der Waals surface area contributed by atoms with E-state index in [2.05, 4.69) is 49.6 Å². The summed E-state index contributed by atoms with van der Waals surface area (Å²) in [5, 5.41) is 12.0. The number of likely N-dealkylation sites (tertiary alicyclic amines) is 1. The van der Waals surface area contributed by atoms with Crippen LogP contribution in [-0.2, 0) is 24.9 Å². The summed E-state index contributed by atoms with van der Waals surface area (Å²) < 4.78 is 7.53. The zero-order valence-corrected chi connectivity index (χ0v) is 17.4. The van der Waals surface area contributed by atoms with Gasteiger partial charge in [-0.3, -0.25) is 4.90 Å². The van der Waals surface area contributed by atoms with Gasteiger partial charge in [-0.05, 0) is 18.9 Å². The van der Waals surface area contributed by atoms with Gasteiger partial charge in [0.25, 0.3) is 0 Å². The summed E-state index contributed by atoms with van der Waals surface area (Å²) in [6.45, 7) is 9.00. The van der Waals surface area contributed by atoms with Gasteiger partial charge in [-0.2, -0.15) is 0 Å². The number of hydrogen-bond donors (Lipinski definition) is 1. The molecule has 0 aliphatic carbocycles. The number of aryl methyl sites for hydroxylation is 1. The third kappa shape index (κ3) is 4.94. The van der Waals surface area contributed by atoms with E-state index >= 15 is 0 Å². The van der Waals surface area contributed by atoms with Gasteiger partial charge in [0.1, 0.15) is 5.82 Å². The fourth-order valence-electron chi connectivity index (χ4n) is 3.96. The van der Waals surface area contributed by atoms with E-state index in [1.807, 2.05) is 24.6 Å². The van der Waals surface area contributed by atoms with Gasteiger partial charge in [0, 0.05) is 39.3 Å². The number of morpholine rings is 1. The maximum Gasteiger partial charge on any atom is 0.194 e. The molecule has 29 heavy (non-hydrogen) atoms. The van der Waals surface area contributed by atoms with Crippen molar-refractivity contribution in [2.75, 3.05) is 39.4 Å². The molecule has 1 aromatic heterocycles. The van der Waals surface area contributed by atoms with Crippen LogP contribution in [0.25, 0.3) is 0 Å². The lowest BCUT2D eigenvalue weighted by atomic mass is 10.2. The Morgan fingerprint density at radius 2 is 1.97 bits per heavy atom. The summed E-state index contributed by atoms with van der Waals surface area (Å²) in [5.74, 6) is 2.78. The van der Waals surface area contributed by atoms with Crippen molar-refractivity contribution in [2.45, 2.75) is 32.5 Å². The molecule has 2 aliphatic heterocycles. The Hall–Kier alpha value is -2.45. The summed E-state index contributed by atoms with van der Waals surface area (Å²) in [5.41, 5.74) is 1.21. The molecule has 0 amide bonds. The zero-order chi connectivity index (χ0) is 20.1. The van der Waals surface area contributed by atoms with E-state index in [-0.39, 0.29) is 0 Å². The summed E-state index contributed by atoms with van der Waals surface area (Å²) in [4.78, 5) is 9.88. The number of ether oxygens (including phenoxy) is 1. The van der Waals surface area contributed by atoms with Crippen LogP contribution in [0.4, 0.5) is 0 Å². The first-order valence-electron chi connectivity index (χ1n) is 10.4. The quantitative estimate of drug-likeness (QED) is 0.603. The van der Waals surface area contributed by atoms with Gasteiger partial charge in [-0.1, -0.05) is 30.3 Å². The van der Waals surface area contributed by atoms with Crippen LogP contribution in [0.5, 0.6) is 0 Å². The molecule has 1 atom stereocenters. The van der Waals surface area contributed by atoms with Gasteiger partial charge in [-0.15, -0.1) is 10.2 Å². The molecule has 1 N–H and O–H groups in total. The fourth-order valence-corrected chi connectivity index (χ4v) is 3.96. The molecule has 8 nitrogen and oxygen atoms in total. The number of nitrogens with one attached hydrogen (secondary N) is 1. The minimum absolute atomic E-state index is 0.569. The SMILES string of the molecule is Cc1nnc(CNC(=NCc2ccccc2)N2CCC(N3CCOCC3)C2)n1C. The van der Waals surface area contributed by atoms with Crippen LogP contribution in [0.15, 0.2) is 35.3 Å². The lowest BCUT2D eigenvalue weighted by Crippen LogP contribution is -2.46. The minimum atomic E-state index is 0.569. The molecule has 8 heteroatoms. The van der Waals surface area contributed by atoms with E-state index in [4.69, 9.17) is 9.73 Å². The second kappa shape index (κ2) is 9.37. The molecule has 0 bridgehead atoms. The Morgan fingerprint density at radius 3 is 2.69 bits per heavy atom. The second-order valence-electron chi connectivity index (χ2n) is 7.74. The molecule has 156 valence electrons. The number of benzene rings is 1. The second-order valence-corrected chi connectivity index (χ2v) is 7.74. The average Bonchev–Trinajstić information content (AvgIpc) is 3.38. The molecular weight excluding hydrogens is 366 g/mol. The third-order valence-electron chi connectivity index (χ3n) is 5.87. The van der Waals surface area contributed by atoms with Gasteiger partial charge in [-0.25, -0.2) is 4.99 Å². The number of rotatable bonds is 5. The first kappa shape index (κ1) is 19.8. The molecule has 4 rings (SSSR count). The van der Waals surface area contributed by atoms with Gasteiger partial charge in [0.2, 0.25) is 0 Å². The van der Waals surface area contributed by atoms with Gasteiger partial charge in [0.15, 0.2) is 11.8 Å². The largest absolute Gasteiger partial charge is 0.379 e. The molecule has 2 aliphatic rings. The van der Waals surface area contributed by atoms with Gasteiger partial charge < -0.3 is 19.5 Å². The van der Waals surface area contributed by atoms with E-state index in [0.29, 0.717) is 19.1 Å². The first-order valence-corrected chi connectivity index (χ1v) is 10.4. The van der Waals surface area contributed by atoms with Crippen LogP contribution in [0.2, 0.25) is 0 Å². The number of hydrogen-bond acceptors (Lipinski definition) is 5. The van der Waals surface area contributed by atoms with Crippen molar-refractivity contribution in [1.82, 2.24) is 29.9 Å². The molecule has 0 spiro atoms. The molecular formula is C21H31N7O. The lowest BCUT2D eigenvalue weighted by molar-refractivity contribution is 0.0195. The van der Waals surface area contributed by atoms with Crippen molar-refractivity contribution < 1.29 is 4.74 Å². The summed E-state index contributed by atoms with van der Waals surface area (Å²) in [6.07, 6.45) is 1.16. The Labute approximate surface area is 172 Å². The highest BCUT2D eigenvalue weighted by Crippen LogP contribution is 2.17. The number of guanidine groups is 1. The fraction of sp³-hybridized carbons (Fsp3) is 0.571. The highest BCUT2D eigenvalue weighted by atomic mass is 16.5. The Kier molecular flexibility index (Phi) is 6.41. The molecule has 0 saturated carbocycles. The molecule has 2 aromatic rings. The van der Waals surface area contributed by atoms with Gasteiger partial charge in [0.05, 0.1) is 26.3 Å². The Bertz CT molecular complexity index is 814. The maximum absolute atomic E-state index is 5.52. The smallest absolute Gasteiger partial charge is 0.194 e. The van der Waals surface area contributed by atoms with Gasteiger partial charge >= 0.3 is 0 Å². The van der Waals surface area contributed by atoms with E-state index in [9.17, 15) is 0 Å². The number of nitrogens with zero attached hydrogens (tertiary/aromatic N) is 6. The number of aliphatic imine (C=N–C) groups is 1. The maximum atomic E-state index is 5.52.